The molecule has 0 aromatic heterocycles. The first-order chi connectivity index (χ1) is 9.76. The van der Waals surface area contributed by atoms with Crippen molar-refractivity contribution in [1.29, 1.82) is 0 Å². The van der Waals surface area contributed by atoms with E-state index >= 15 is 0 Å². The lowest BCUT2D eigenvalue weighted by Gasteiger charge is -2.30. The van der Waals surface area contributed by atoms with Crippen molar-refractivity contribution in [2.75, 3.05) is 6.54 Å². The van der Waals surface area contributed by atoms with Crippen molar-refractivity contribution in [3.8, 4) is 5.75 Å². The third-order valence-corrected chi connectivity index (χ3v) is 3.18. The largest absolute Gasteiger partial charge is 0.490 e. The molecule has 0 heterocycles. The summed E-state index contributed by atoms with van der Waals surface area (Å²) < 4.78 is 31.7. The van der Waals surface area contributed by atoms with E-state index in [9.17, 15) is 13.6 Å². The number of benzene rings is 1. The molecule has 6 heteroatoms. The van der Waals surface area contributed by atoms with Crippen LogP contribution >= 0.6 is 0 Å². The molecule has 2 atom stereocenters. The predicted molar refractivity (Wildman–Crippen MR) is 77.0 cm³/mol. The Morgan fingerprint density at radius 1 is 1.38 bits per heavy atom. The Morgan fingerprint density at radius 3 is 2.43 bits per heavy atom. The molecule has 0 fully saturated rings. The summed E-state index contributed by atoms with van der Waals surface area (Å²) in [5, 5.41) is 3.08. The number of primary amides is 1. The Labute approximate surface area is 123 Å². The molecule has 21 heavy (non-hydrogen) atoms. The Bertz CT molecular complexity index is 476. The van der Waals surface area contributed by atoms with Crippen LogP contribution in [0.15, 0.2) is 18.2 Å². The molecule has 2 unspecified atom stereocenters. The third kappa shape index (κ3) is 5.30. The van der Waals surface area contributed by atoms with Crippen LogP contribution in [0.25, 0.3) is 0 Å². The van der Waals surface area contributed by atoms with Crippen LogP contribution in [0.3, 0.4) is 0 Å². The van der Waals surface area contributed by atoms with E-state index in [4.69, 9.17) is 10.5 Å². The molecule has 0 bridgehead atoms. The van der Waals surface area contributed by atoms with Gasteiger partial charge in [0.05, 0.1) is 11.6 Å². The average Bonchev–Trinajstić information content (AvgIpc) is 2.34. The lowest BCUT2D eigenvalue weighted by Crippen LogP contribution is -2.55. The minimum Gasteiger partial charge on any atom is -0.490 e. The number of amides is 1. The second-order valence-electron chi connectivity index (χ2n) is 5.36. The van der Waals surface area contributed by atoms with Crippen LogP contribution in [-0.4, -0.2) is 24.1 Å². The van der Waals surface area contributed by atoms with Crippen molar-refractivity contribution in [2.45, 2.75) is 45.3 Å². The number of carbonyl (C=O) groups excluding carboxylic acids is 1. The Balaban J connectivity index is 2.73. The molecule has 0 spiro atoms. The molecular formula is C15H22F2N2O2. The van der Waals surface area contributed by atoms with Crippen LogP contribution < -0.4 is 15.8 Å². The van der Waals surface area contributed by atoms with E-state index in [0.29, 0.717) is 13.0 Å². The van der Waals surface area contributed by atoms with Gasteiger partial charge in [0.25, 0.3) is 0 Å². The monoisotopic (exact) mass is 300 g/mol. The zero-order valence-electron chi connectivity index (χ0n) is 12.6. The number of halogens is 2. The number of nitrogens with two attached hydrogens (primary N) is 1. The van der Waals surface area contributed by atoms with Crippen LogP contribution in [0.2, 0.25) is 0 Å². The Morgan fingerprint density at radius 2 is 1.95 bits per heavy atom. The van der Waals surface area contributed by atoms with Crippen LogP contribution in [0.5, 0.6) is 5.75 Å². The van der Waals surface area contributed by atoms with Crippen molar-refractivity contribution < 1.29 is 18.3 Å². The molecule has 1 amide bonds. The molecule has 1 aromatic rings. The van der Waals surface area contributed by atoms with Gasteiger partial charge in [-0.1, -0.05) is 6.92 Å². The first kappa shape index (κ1) is 17.4. The highest BCUT2D eigenvalue weighted by Crippen LogP contribution is 2.20. The minimum absolute atomic E-state index is 0.0855. The molecular weight excluding hydrogens is 278 g/mol. The van der Waals surface area contributed by atoms with E-state index in [1.54, 1.807) is 13.8 Å². The van der Waals surface area contributed by atoms with E-state index in [1.807, 2.05) is 6.92 Å². The topological polar surface area (TPSA) is 64.3 Å². The van der Waals surface area contributed by atoms with Gasteiger partial charge in [0.2, 0.25) is 5.91 Å². The normalized spacial score (nSPS) is 15.3. The fraction of sp³-hybridized carbons (Fsp3) is 0.533. The minimum atomic E-state index is -0.929. The molecule has 0 aliphatic rings. The second kappa shape index (κ2) is 7.36. The average molecular weight is 300 g/mol. The van der Waals surface area contributed by atoms with Gasteiger partial charge >= 0.3 is 0 Å². The first-order valence-electron chi connectivity index (χ1n) is 6.94. The van der Waals surface area contributed by atoms with Crippen LogP contribution in [0.1, 0.15) is 33.6 Å². The van der Waals surface area contributed by atoms with E-state index in [0.717, 1.165) is 24.6 Å². The smallest absolute Gasteiger partial charge is 0.237 e. The van der Waals surface area contributed by atoms with E-state index in [1.165, 1.54) is 0 Å². The zero-order chi connectivity index (χ0) is 16.0. The molecule has 0 saturated heterocycles. The Kier molecular flexibility index (Phi) is 6.08. The van der Waals surface area contributed by atoms with Crippen molar-refractivity contribution in [3.63, 3.8) is 0 Å². The summed E-state index contributed by atoms with van der Waals surface area (Å²) in [6, 6.07) is 2.97. The first-order valence-corrected chi connectivity index (χ1v) is 6.94. The van der Waals surface area contributed by atoms with Gasteiger partial charge in [-0.25, -0.2) is 8.78 Å². The maximum Gasteiger partial charge on any atom is 0.237 e. The standard InChI is InChI=1S/C15H22F2N2O2/c1-4-5-19-15(3,14(18)20)9-10(2)21-13-7-11(16)6-12(17)8-13/h6-8,10,19H,4-5,9H2,1-3H3,(H2,18,20). The zero-order valence-corrected chi connectivity index (χ0v) is 12.6. The summed E-state index contributed by atoms with van der Waals surface area (Å²) in [6.07, 6.45) is 0.710. The highest BCUT2D eigenvalue weighted by atomic mass is 19.1. The molecule has 118 valence electrons. The fourth-order valence-electron chi connectivity index (χ4n) is 2.11. The van der Waals surface area contributed by atoms with Gasteiger partial charge < -0.3 is 15.8 Å². The van der Waals surface area contributed by atoms with Gasteiger partial charge in [0.15, 0.2) is 0 Å². The van der Waals surface area contributed by atoms with Gasteiger partial charge in [-0.3, -0.25) is 4.79 Å². The van der Waals surface area contributed by atoms with Gasteiger partial charge in [-0.05, 0) is 26.8 Å². The van der Waals surface area contributed by atoms with E-state index in [-0.39, 0.29) is 5.75 Å². The molecule has 1 rings (SSSR count). The van der Waals surface area contributed by atoms with Crippen LogP contribution in [0.4, 0.5) is 8.78 Å². The lowest BCUT2D eigenvalue weighted by molar-refractivity contribution is -0.124. The van der Waals surface area contributed by atoms with Crippen LogP contribution in [0, 0.1) is 11.6 Å². The van der Waals surface area contributed by atoms with Crippen molar-refractivity contribution in [2.24, 2.45) is 5.73 Å². The molecule has 3 N–H and O–H groups in total. The molecule has 1 aromatic carbocycles. The number of carbonyl (C=O) groups is 1. The summed E-state index contributed by atoms with van der Waals surface area (Å²) in [7, 11) is 0. The van der Waals surface area contributed by atoms with E-state index in [2.05, 4.69) is 5.32 Å². The SMILES string of the molecule is CCCNC(C)(CC(C)Oc1cc(F)cc(F)c1)C(N)=O. The predicted octanol–water partition coefficient (Wildman–Crippen LogP) is 2.37. The maximum atomic E-state index is 13.1. The van der Waals surface area contributed by atoms with E-state index < -0.39 is 29.2 Å². The van der Waals surface area contributed by atoms with Crippen molar-refractivity contribution in [3.05, 3.63) is 29.8 Å². The summed E-state index contributed by atoms with van der Waals surface area (Å²) >= 11 is 0. The summed E-state index contributed by atoms with van der Waals surface area (Å²) in [5.41, 5.74) is 4.50. The number of ether oxygens (including phenoxy) is 1. The summed E-state index contributed by atoms with van der Waals surface area (Å²) in [6.45, 7) is 6.03. The second-order valence-corrected chi connectivity index (χ2v) is 5.36. The molecule has 0 aliphatic heterocycles. The molecule has 0 radical (unpaired) electrons. The Hall–Kier alpha value is -1.69. The molecule has 0 saturated carbocycles. The van der Waals surface area contributed by atoms with Crippen molar-refractivity contribution in [1.82, 2.24) is 5.32 Å². The quantitative estimate of drug-likeness (QED) is 0.774. The summed E-state index contributed by atoms with van der Waals surface area (Å²) in [4.78, 5) is 11.6. The van der Waals surface area contributed by atoms with Crippen molar-refractivity contribution >= 4 is 5.91 Å². The number of hydrogen-bond acceptors (Lipinski definition) is 3. The lowest BCUT2D eigenvalue weighted by atomic mass is 9.93. The van der Waals surface area contributed by atoms with Gasteiger partial charge in [-0.2, -0.15) is 0 Å². The highest BCUT2D eigenvalue weighted by Gasteiger charge is 2.32. The third-order valence-electron chi connectivity index (χ3n) is 3.18. The molecule has 0 aliphatic carbocycles. The highest BCUT2D eigenvalue weighted by molar-refractivity contribution is 5.84. The van der Waals surface area contributed by atoms with Gasteiger partial charge in [0.1, 0.15) is 17.4 Å². The maximum absolute atomic E-state index is 13.1. The molecule has 4 nitrogen and oxygen atoms in total. The van der Waals surface area contributed by atoms with Gasteiger partial charge in [-0.15, -0.1) is 0 Å². The number of rotatable bonds is 8. The van der Waals surface area contributed by atoms with Crippen LogP contribution in [-0.2, 0) is 4.79 Å². The van der Waals surface area contributed by atoms with Gasteiger partial charge in [0, 0.05) is 24.6 Å². The fourth-order valence-corrected chi connectivity index (χ4v) is 2.11. The number of hydrogen-bond donors (Lipinski definition) is 2. The summed E-state index contributed by atoms with van der Waals surface area (Å²) in [5.74, 6) is -1.82. The number of nitrogens with one attached hydrogen (secondary N) is 1.